The highest BCUT2D eigenvalue weighted by Gasteiger charge is 2.40. The van der Waals surface area contributed by atoms with Crippen LogP contribution in [0.5, 0.6) is 0 Å². The molecule has 1 nitrogen and oxygen atoms in total. The van der Waals surface area contributed by atoms with Crippen LogP contribution in [-0.2, 0) is 12.8 Å². The number of benzene rings is 1. The van der Waals surface area contributed by atoms with E-state index in [2.05, 4.69) is 82.7 Å². The third-order valence-corrected chi connectivity index (χ3v) is 10.4. The summed E-state index contributed by atoms with van der Waals surface area (Å²) in [7, 11) is 0. The summed E-state index contributed by atoms with van der Waals surface area (Å²) in [5.74, 6) is 0. The molecule has 0 saturated heterocycles. The molecule has 0 amide bonds. The van der Waals surface area contributed by atoms with E-state index in [1.807, 2.05) is 11.3 Å². The molecule has 5 rings (SSSR count). The van der Waals surface area contributed by atoms with Crippen LogP contribution in [-0.4, -0.2) is 6.85 Å². The van der Waals surface area contributed by atoms with Crippen molar-refractivity contribution in [3.63, 3.8) is 0 Å². The van der Waals surface area contributed by atoms with Crippen molar-refractivity contribution >= 4 is 66.6 Å². The van der Waals surface area contributed by atoms with Crippen molar-refractivity contribution < 1.29 is 0 Å². The van der Waals surface area contributed by atoms with Gasteiger partial charge < -0.3 is 5.23 Å². The average Bonchev–Trinajstić information content (AvgIpc) is 3.44. The van der Waals surface area contributed by atoms with Gasteiger partial charge in [-0.25, -0.2) is 0 Å². The van der Waals surface area contributed by atoms with Gasteiger partial charge in [-0.05, 0) is 54.3 Å². The number of anilines is 1. The number of hydrogen-bond donors (Lipinski definition) is 1. The molecule has 1 N–H and O–H groups in total. The van der Waals surface area contributed by atoms with Crippen molar-refractivity contribution in [2.24, 2.45) is 0 Å². The lowest BCUT2D eigenvalue weighted by Crippen LogP contribution is -2.44. The smallest absolute Gasteiger partial charge is 0.324 e. The van der Waals surface area contributed by atoms with Crippen LogP contribution in [0, 0.1) is 0 Å². The molecule has 0 radical (unpaired) electrons. The number of thiophene rings is 2. The second kappa shape index (κ2) is 10.5. The van der Waals surface area contributed by atoms with E-state index < -0.39 is 0 Å². The van der Waals surface area contributed by atoms with Crippen molar-refractivity contribution in [2.75, 3.05) is 5.23 Å². The van der Waals surface area contributed by atoms with Crippen molar-refractivity contribution in [3.05, 3.63) is 57.3 Å². The molecule has 33 heavy (non-hydrogen) atoms. The largest absolute Gasteiger partial charge is 0.420 e. The van der Waals surface area contributed by atoms with Crippen LogP contribution in [0.25, 0.3) is 19.7 Å². The number of rotatable bonds is 10. The summed E-state index contributed by atoms with van der Waals surface area (Å²) in [6, 6.07) is 13.8. The Morgan fingerprint density at radius 3 is 2.18 bits per heavy atom. The van der Waals surface area contributed by atoms with E-state index >= 15 is 0 Å². The molecule has 0 atom stereocenters. The molecule has 0 fully saturated rings. The third kappa shape index (κ3) is 4.66. The van der Waals surface area contributed by atoms with E-state index in [0.29, 0.717) is 0 Å². The molecule has 2 aliphatic rings. The zero-order valence-corrected chi connectivity index (χ0v) is 23.0. The van der Waals surface area contributed by atoms with Gasteiger partial charge in [0.15, 0.2) is 0 Å². The molecule has 0 saturated carbocycles. The van der Waals surface area contributed by atoms with Gasteiger partial charge >= 0.3 is 6.85 Å². The first-order chi connectivity index (χ1) is 16.2. The minimum Gasteiger partial charge on any atom is -0.420 e. The average molecular weight is 538 g/mol. The molecule has 5 heteroatoms. The maximum atomic E-state index is 4.05. The maximum Gasteiger partial charge on any atom is 0.324 e. The molecule has 3 aromatic rings. The Bertz CT molecular complexity index is 1160. The molecule has 0 aliphatic carbocycles. The highest BCUT2D eigenvalue weighted by Crippen LogP contribution is 2.50. The summed E-state index contributed by atoms with van der Waals surface area (Å²) in [6.45, 7) is 4.82. The molecule has 172 valence electrons. The first-order valence-corrected chi connectivity index (χ1v) is 15.2. The fourth-order valence-electron chi connectivity index (χ4n) is 5.17. The quantitative estimate of drug-likeness (QED) is 0.201. The van der Waals surface area contributed by atoms with Gasteiger partial charge in [0.2, 0.25) is 0 Å². The van der Waals surface area contributed by atoms with Crippen molar-refractivity contribution in [1.29, 1.82) is 0 Å². The minimum atomic E-state index is 0.236. The Balaban J connectivity index is 1.54. The number of fused-ring (bicyclic) bond motifs is 7. The van der Waals surface area contributed by atoms with E-state index in [-0.39, 0.29) is 6.85 Å². The molecule has 2 aromatic heterocycles. The van der Waals surface area contributed by atoms with Gasteiger partial charge in [-0.3, -0.25) is 0 Å². The van der Waals surface area contributed by atoms with E-state index in [0.717, 1.165) is 0 Å². The standard InChI is InChI=1S/C28H33BBrNS2/c1-3-5-7-9-13-19-17-22-25-26(30)21-15-11-12-16-24(21)31-29(25)23-18-20(14-10-8-6-4-2)33-28(23)27(22)32-19/h11-12,15-18,31H,3-10,13-14H2,1-2H3. The lowest BCUT2D eigenvalue weighted by Gasteiger charge is -2.31. The van der Waals surface area contributed by atoms with Gasteiger partial charge in [0, 0.05) is 30.4 Å². The predicted octanol–water partition coefficient (Wildman–Crippen LogP) is 9.16. The minimum absolute atomic E-state index is 0.236. The second-order valence-corrected chi connectivity index (χ2v) is 12.5. The van der Waals surface area contributed by atoms with Gasteiger partial charge in [-0.1, -0.05) is 92.6 Å². The SMILES string of the molecule is CCCCCCc1cc2c(s1)-c1sc(CCCCCC)cc1C1=C(Br)c3ccccc3NB12. The van der Waals surface area contributed by atoms with Crippen LogP contribution >= 0.6 is 38.6 Å². The van der Waals surface area contributed by atoms with E-state index in [1.54, 1.807) is 9.75 Å². The van der Waals surface area contributed by atoms with Crippen LogP contribution in [0.3, 0.4) is 0 Å². The molecule has 2 aliphatic heterocycles. The van der Waals surface area contributed by atoms with Crippen LogP contribution in [0.2, 0.25) is 0 Å². The van der Waals surface area contributed by atoms with Crippen molar-refractivity contribution in [1.82, 2.24) is 0 Å². The molecule has 1 aromatic carbocycles. The predicted molar refractivity (Wildman–Crippen MR) is 155 cm³/mol. The van der Waals surface area contributed by atoms with Gasteiger partial charge in [-0.2, -0.15) is 0 Å². The van der Waals surface area contributed by atoms with Crippen molar-refractivity contribution in [2.45, 2.75) is 78.1 Å². The summed E-state index contributed by atoms with van der Waals surface area (Å²) in [5, 5.41) is 3.91. The zero-order chi connectivity index (χ0) is 22.8. The summed E-state index contributed by atoms with van der Waals surface area (Å²) < 4.78 is 1.26. The molecule has 0 unspecified atom stereocenters. The molecular formula is C28H33BBrNS2. The van der Waals surface area contributed by atoms with Crippen LogP contribution in [0.15, 0.2) is 36.4 Å². The number of unbranched alkanes of at least 4 members (excludes halogenated alkanes) is 6. The van der Waals surface area contributed by atoms with E-state index in [9.17, 15) is 0 Å². The maximum absolute atomic E-state index is 4.05. The first kappa shape index (κ1) is 23.4. The number of hydrogen-bond acceptors (Lipinski definition) is 3. The Morgan fingerprint density at radius 1 is 0.788 bits per heavy atom. The Labute approximate surface area is 215 Å². The fraction of sp³-hybridized carbons (Fsp3) is 0.429. The Kier molecular flexibility index (Phi) is 7.49. The Morgan fingerprint density at radius 2 is 1.45 bits per heavy atom. The van der Waals surface area contributed by atoms with Gasteiger partial charge in [0.1, 0.15) is 0 Å². The number of halogens is 1. The molecular weight excluding hydrogens is 505 g/mol. The van der Waals surface area contributed by atoms with Gasteiger partial charge in [-0.15, -0.1) is 22.7 Å². The van der Waals surface area contributed by atoms with Crippen LogP contribution in [0.4, 0.5) is 5.69 Å². The Hall–Kier alpha value is -1.30. The zero-order valence-electron chi connectivity index (χ0n) is 19.8. The lowest BCUT2D eigenvalue weighted by molar-refractivity contribution is 0.670. The van der Waals surface area contributed by atoms with Crippen LogP contribution in [0.1, 0.15) is 86.1 Å². The monoisotopic (exact) mass is 537 g/mol. The molecule has 4 heterocycles. The number of nitrogens with one attached hydrogen (secondary N) is 1. The number of aryl methyl sites for hydroxylation is 2. The number of para-hydroxylation sites is 1. The highest BCUT2D eigenvalue weighted by molar-refractivity contribution is 9.15. The molecule has 0 bridgehead atoms. The highest BCUT2D eigenvalue weighted by atomic mass is 79.9. The van der Waals surface area contributed by atoms with E-state index in [4.69, 9.17) is 0 Å². The summed E-state index contributed by atoms with van der Waals surface area (Å²) in [5.41, 5.74) is 6.89. The topological polar surface area (TPSA) is 12.0 Å². The van der Waals surface area contributed by atoms with Gasteiger partial charge in [0.25, 0.3) is 0 Å². The van der Waals surface area contributed by atoms with Gasteiger partial charge in [0.05, 0.1) is 4.88 Å². The van der Waals surface area contributed by atoms with E-state index in [1.165, 1.54) is 106 Å². The fourth-order valence-corrected chi connectivity index (χ4v) is 8.57. The van der Waals surface area contributed by atoms with Crippen LogP contribution < -0.4 is 10.7 Å². The summed E-state index contributed by atoms with van der Waals surface area (Å²) in [4.78, 5) is 6.12. The first-order valence-electron chi connectivity index (χ1n) is 12.7. The van der Waals surface area contributed by atoms with Crippen molar-refractivity contribution in [3.8, 4) is 9.75 Å². The summed E-state index contributed by atoms with van der Waals surface area (Å²) >= 11 is 8.15. The summed E-state index contributed by atoms with van der Waals surface area (Å²) in [6.07, 6.45) is 13.0. The second-order valence-electron chi connectivity index (χ2n) is 9.42. The lowest BCUT2D eigenvalue weighted by atomic mass is 9.45. The molecule has 0 spiro atoms. The normalized spacial score (nSPS) is 14.0. The third-order valence-electron chi connectivity index (χ3n) is 6.94.